The number of hydrogen-bond acceptors (Lipinski definition) is 3. The minimum absolute atomic E-state index is 0.198. The summed E-state index contributed by atoms with van der Waals surface area (Å²) in [4.78, 5) is 11.4. The number of benzene rings is 2. The monoisotopic (exact) mass is 374 g/mol. The molecule has 0 spiro atoms. The molecule has 4 nitrogen and oxygen atoms in total. The van der Waals surface area contributed by atoms with Crippen LogP contribution in [0, 0.1) is 11.7 Å². The number of halogens is 1. The van der Waals surface area contributed by atoms with Gasteiger partial charge in [0.15, 0.2) is 0 Å². The van der Waals surface area contributed by atoms with Gasteiger partial charge in [0.2, 0.25) is 5.95 Å². The highest BCUT2D eigenvalue weighted by molar-refractivity contribution is 5.85. The van der Waals surface area contributed by atoms with Crippen LogP contribution in [0.2, 0.25) is 0 Å². The average Bonchev–Trinajstić information content (AvgIpc) is 3.14. The molecule has 5 heteroatoms. The molecule has 0 bridgehead atoms. The summed E-state index contributed by atoms with van der Waals surface area (Å²) in [6.45, 7) is 6.51. The third-order valence-electron chi connectivity index (χ3n) is 5.86. The number of nitrogens with one attached hydrogen (secondary N) is 1. The van der Waals surface area contributed by atoms with Crippen molar-refractivity contribution in [3.8, 4) is 11.1 Å². The molecule has 0 amide bonds. The summed E-state index contributed by atoms with van der Waals surface area (Å²) in [5.74, 6) is 0.321. The SMILES string of the molecule is CC(C)C(C)(c1ccc(-c2cnc(N)nc2)cc1)c1c[nH]c2cccc(F)c12. The molecule has 1 atom stereocenters. The van der Waals surface area contributed by atoms with Gasteiger partial charge in [-0.05, 0) is 34.7 Å². The largest absolute Gasteiger partial charge is 0.368 e. The number of nitrogens with zero attached hydrogens (tertiary/aromatic N) is 2. The first-order valence-corrected chi connectivity index (χ1v) is 9.35. The number of aromatic amines is 1. The van der Waals surface area contributed by atoms with E-state index in [0.29, 0.717) is 5.39 Å². The van der Waals surface area contributed by atoms with Crippen molar-refractivity contribution in [2.45, 2.75) is 26.2 Å². The van der Waals surface area contributed by atoms with Gasteiger partial charge in [0.25, 0.3) is 0 Å². The Morgan fingerprint density at radius 3 is 2.32 bits per heavy atom. The van der Waals surface area contributed by atoms with Gasteiger partial charge in [0.05, 0.1) is 0 Å². The number of H-pyrrole nitrogens is 1. The Hall–Kier alpha value is -3.21. The highest BCUT2D eigenvalue weighted by Gasteiger charge is 2.35. The van der Waals surface area contributed by atoms with Crippen molar-refractivity contribution in [2.24, 2.45) is 5.92 Å². The van der Waals surface area contributed by atoms with Crippen LogP contribution in [0.3, 0.4) is 0 Å². The van der Waals surface area contributed by atoms with Crippen LogP contribution in [0.1, 0.15) is 31.9 Å². The lowest BCUT2D eigenvalue weighted by Gasteiger charge is -2.35. The van der Waals surface area contributed by atoms with E-state index in [-0.39, 0.29) is 23.1 Å². The molecule has 2 aromatic heterocycles. The molecule has 3 N–H and O–H groups in total. The average molecular weight is 374 g/mol. The molecule has 0 saturated heterocycles. The van der Waals surface area contributed by atoms with Crippen LogP contribution in [0.4, 0.5) is 10.3 Å². The number of aromatic nitrogens is 3. The zero-order valence-electron chi connectivity index (χ0n) is 16.2. The molecular formula is C23H23FN4. The van der Waals surface area contributed by atoms with Crippen LogP contribution < -0.4 is 5.73 Å². The Bertz CT molecular complexity index is 1110. The number of nitrogens with two attached hydrogens (primary N) is 1. The number of nitrogen functional groups attached to an aromatic ring is 1. The Labute approximate surface area is 163 Å². The fourth-order valence-corrected chi connectivity index (χ4v) is 3.85. The summed E-state index contributed by atoms with van der Waals surface area (Å²) in [5.41, 5.74) is 10.1. The summed E-state index contributed by atoms with van der Waals surface area (Å²) >= 11 is 0. The van der Waals surface area contributed by atoms with Crippen LogP contribution >= 0.6 is 0 Å². The minimum Gasteiger partial charge on any atom is -0.368 e. The predicted octanol–water partition coefficient (Wildman–Crippen LogP) is 5.31. The van der Waals surface area contributed by atoms with Gasteiger partial charge in [0, 0.05) is 40.5 Å². The van der Waals surface area contributed by atoms with Crippen molar-refractivity contribution in [2.75, 3.05) is 5.73 Å². The van der Waals surface area contributed by atoms with Gasteiger partial charge >= 0.3 is 0 Å². The van der Waals surface area contributed by atoms with E-state index < -0.39 is 0 Å². The van der Waals surface area contributed by atoms with E-state index in [0.717, 1.165) is 27.8 Å². The molecule has 2 heterocycles. The van der Waals surface area contributed by atoms with E-state index in [1.54, 1.807) is 18.5 Å². The van der Waals surface area contributed by atoms with Crippen molar-refractivity contribution < 1.29 is 4.39 Å². The Morgan fingerprint density at radius 1 is 1.00 bits per heavy atom. The maximum atomic E-state index is 14.7. The maximum absolute atomic E-state index is 14.7. The smallest absolute Gasteiger partial charge is 0.219 e. The zero-order valence-corrected chi connectivity index (χ0v) is 16.2. The minimum atomic E-state index is -0.351. The standard InChI is InChI=1S/C23H23FN4/c1-14(2)23(3,18-13-26-20-6-4-5-19(24)21(18)20)17-9-7-15(8-10-17)16-11-27-22(25)28-12-16/h4-14,26H,1-3H3,(H2,25,27,28). The lowest BCUT2D eigenvalue weighted by molar-refractivity contribution is 0.407. The van der Waals surface area contributed by atoms with Crippen molar-refractivity contribution in [3.63, 3.8) is 0 Å². The van der Waals surface area contributed by atoms with E-state index >= 15 is 0 Å². The third-order valence-corrected chi connectivity index (χ3v) is 5.86. The first-order valence-electron chi connectivity index (χ1n) is 9.35. The quantitative estimate of drug-likeness (QED) is 0.509. The lowest BCUT2D eigenvalue weighted by atomic mass is 9.68. The summed E-state index contributed by atoms with van der Waals surface area (Å²) in [7, 11) is 0. The Kier molecular flexibility index (Phi) is 4.38. The summed E-state index contributed by atoms with van der Waals surface area (Å²) in [6.07, 6.45) is 5.37. The summed E-state index contributed by atoms with van der Waals surface area (Å²) in [5, 5.41) is 0.662. The van der Waals surface area contributed by atoms with E-state index in [9.17, 15) is 4.39 Å². The number of rotatable bonds is 4. The number of hydrogen-bond donors (Lipinski definition) is 2. The van der Waals surface area contributed by atoms with Gasteiger partial charge in [-0.3, -0.25) is 0 Å². The first-order chi connectivity index (χ1) is 13.4. The van der Waals surface area contributed by atoms with Crippen LogP contribution in [-0.4, -0.2) is 15.0 Å². The topological polar surface area (TPSA) is 67.6 Å². The van der Waals surface area contributed by atoms with Crippen molar-refractivity contribution in [1.29, 1.82) is 0 Å². The lowest BCUT2D eigenvalue weighted by Crippen LogP contribution is -2.30. The summed E-state index contributed by atoms with van der Waals surface area (Å²) < 4.78 is 14.7. The molecule has 0 aliphatic carbocycles. The predicted molar refractivity (Wildman–Crippen MR) is 111 cm³/mol. The van der Waals surface area contributed by atoms with Crippen LogP contribution in [-0.2, 0) is 5.41 Å². The van der Waals surface area contributed by atoms with Gasteiger partial charge in [-0.2, -0.15) is 0 Å². The fraction of sp³-hybridized carbons (Fsp3) is 0.217. The van der Waals surface area contributed by atoms with Crippen molar-refractivity contribution in [3.05, 3.63) is 78.0 Å². The van der Waals surface area contributed by atoms with Gasteiger partial charge < -0.3 is 10.7 Å². The van der Waals surface area contributed by atoms with E-state index in [1.165, 1.54) is 6.07 Å². The highest BCUT2D eigenvalue weighted by Crippen LogP contribution is 2.43. The van der Waals surface area contributed by atoms with Crippen LogP contribution in [0.25, 0.3) is 22.0 Å². The molecule has 4 rings (SSSR count). The van der Waals surface area contributed by atoms with Crippen LogP contribution in [0.15, 0.2) is 61.1 Å². The van der Waals surface area contributed by atoms with Gasteiger partial charge in [-0.25, -0.2) is 14.4 Å². The number of anilines is 1. The molecule has 142 valence electrons. The third kappa shape index (κ3) is 2.83. The molecule has 0 radical (unpaired) electrons. The van der Waals surface area contributed by atoms with Crippen molar-refractivity contribution >= 4 is 16.9 Å². The molecule has 0 aliphatic heterocycles. The van der Waals surface area contributed by atoms with E-state index in [4.69, 9.17) is 5.73 Å². The van der Waals surface area contributed by atoms with Gasteiger partial charge in [0.1, 0.15) is 5.82 Å². The van der Waals surface area contributed by atoms with E-state index in [2.05, 4.69) is 60.0 Å². The summed E-state index contributed by atoms with van der Waals surface area (Å²) in [6, 6.07) is 13.5. The molecule has 4 aromatic rings. The second-order valence-electron chi connectivity index (χ2n) is 7.63. The van der Waals surface area contributed by atoms with Gasteiger partial charge in [-0.1, -0.05) is 51.1 Å². The second kappa shape index (κ2) is 6.75. The van der Waals surface area contributed by atoms with Gasteiger partial charge in [-0.15, -0.1) is 0 Å². The Balaban J connectivity index is 1.82. The maximum Gasteiger partial charge on any atom is 0.219 e. The van der Waals surface area contributed by atoms with Crippen LogP contribution in [0.5, 0.6) is 0 Å². The second-order valence-corrected chi connectivity index (χ2v) is 7.63. The molecule has 0 fully saturated rings. The first kappa shape index (κ1) is 18.2. The molecule has 0 saturated carbocycles. The fourth-order valence-electron chi connectivity index (χ4n) is 3.85. The molecule has 1 unspecified atom stereocenters. The number of fused-ring (bicyclic) bond motifs is 1. The molecular weight excluding hydrogens is 351 g/mol. The molecule has 28 heavy (non-hydrogen) atoms. The highest BCUT2D eigenvalue weighted by atomic mass is 19.1. The van der Waals surface area contributed by atoms with Crippen molar-refractivity contribution in [1.82, 2.24) is 15.0 Å². The normalized spacial score (nSPS) is 13.8. The zero-order chi connectivity index (χ0) is 19.9. The Morgan fingerprint density at radius 2 is 1.68 bits per heavy atom. The molecule has 2 aromatic carbocycles. The molecule has 0 aliphatic rings. The van der Waals surface area contributed by atoms with E-state index in [1.807, 2.05) is 12.3 Å².